The van der Waals surface area contributed by atoms with Crippen molar-refractivity contribution in [1.82, 2.24) is 9.62 Å². The van der Waals surface area contributed by atoms with Crippen molar-refractivity contribution >= 4 is 16.0 Å². The number of ether oxygens (including phenoxy) is 2. The molecule has 1 saturated carbocycles. The van der Waals surface area contributed by atoms with E-state index in [0.717, 1.165) is 0 Å². The van der Waals surface area contributed by atoms with Gasteiger partial charge < -0.3 is 14.6 Å². The number of carbonyl (C=O) groups is 1. The molecule has 0 unspecified atom stereocenters. The number of benzene rings is 1. The molecule has 1 aliphatic rings. The molecule has 0 atom stereocenters. The second-order valence-electron chi connectivity index (χ2n) is 6.21. The van der Waals surface area contributed by atoms with Crippen LogP contribution in [0.3, 0.4) is 0 Å². The summed E-state index contributed by atoms with van der Waals surface area (Å²) in [6.07, 6.45) is 1.22. The van der Waals surface area contributed by atoms with Crippen LogP contribution in [-0.2, 0) is 19.6 Å². The second kappa shape index (κ2) is 9.31. The van der Waals surface area contributed by atoms with Crippen molar-refractivity contribution in [2.45, 2.75) is 36.7 Å². The predicted octanol–water partition coefficient (Wildman–Crippen LogP) is 0.928. The molecule has 0 saturated heterocycles. The average Bonchev–Trinajstić information content (AvgIpc) is 2.56. The van der Waals surface area contributed by atoms with E-state index in [1.807, 2.05) is 11.8 Å². The fraction of sp³-hybridized carbons (Fsp3) is 0.588. The molecule has 1 fully saturated rings. The Hall–Kier alpha value is -1.68. The van der Waals surface area contributed by atoms with Crippen LogP contribution in [0.2, 0.25) is 0 Å². The highest BCUT2D eigenvalue weighted by Gasteiger charge is 2.36. The minimum absolute atomic E-state index is 0.0226. The lowest BCUT2D eigenvalue weighted by Gasteiger charge is -2.42. The first-order valence-corrected chi connectivity index (χ1v) is 10.0. The Morgan fingerprint density at radius 1 is 1.27 bits per heavy atom. The molecule has 0 heterocycles. The van der Waals surface area contributed by atoms with E-state index in [9.17, 15) is 13.2 Å². The Balaban J connectivity index is 1.86. The van der Waals surface area contributed by atoms with Gasteiger partial charge in [0, 0.05) is 19.2 Å². The van der Waals surface area contributed by atoms with Gasteiger partial charge >= 0.3 is 5.97 Å². The quantitative estimate of drug-likeness (QED) is 0.545. The number of carboxylic acid groups (broad SMARTS) is 1. The van der Waals surface area contributed by atoms with E-state index in [1.165, 1.54) is 12.1 Å². The molecule has 9 heteroatoms. The van der Waals surface area contributed by atoms with Gasteiger partial charge in [-0.3, -0.25) is 9.69 Å². The molecule has 1 aromatic carbocycles. The van der Waals surface area contributed by atoms with E-state index in [0.29, 0.717) is 38.3 Å². The van der Waals surface area contributed by atoms with Gasteiger partial charge in [-0.2, -0.15) is 0 Å². The van der Waals surface area contributed by atoms with Crippen LogP contribution in [0.25, 0.3) is 0 Å². The van der Waals surface area contributed by atoms with Crippen molar-refractivity contribution in [3.8, 4) is 5.75 Å². The monoisotopic (exact) mass is 386 g/mol. The van der Waals surface area contributed by atoms with Crippen LogP contribution in [0.1, 0.15) is 19.8 Å². The number of hydrogen-bond donors (Lipinski definition) is 2. The number of likely N-dealkylation sites (N-methyl/N-ethyl adjacent to an activating group) is 1. The van der Waals surface area contributed by atoms with Crippen LogP contribution >= 0.6 is 0 Å². The van der Waals surface area contributed by atoms with E-state index < -0.39 is 16.0 Å². The molecule has 2 N–H and O–H groups in total. The van der Waals surface area contributed by atoms with E-state index in [2.05, 4.69) is 4.72 Å². The maximum atomic E-state index is 12.5. The first-order valence-electron chi connectivity index (χ1n) is 8.55. The normalized spacial score (nSPS) is 20.0. The maximum Gasteiger partial charge on any atom is 0.317 e. The molecule has 146 valence electrons. The Morgan fingerprint density at radius 2 is 1.92 bits per heavy atom. The van der Waals surface area contributed by atoms with Crippen LogP contribution in [-0.4, -0.2) is 69.9 Å². The SMILES string of the molecule is CCN(CC(=O)O)C1CC(NS(=O)(=O)c2ccc(OCCOC)cc2)C1. The number of nitrogens with one attached hydrogen (secondary N) is 1. The van der Waals surface area contributed by atoms with Gasteiger partial charge in [0.1, 0.15) is 12.4 Å². The molecule has 0 amide bonds. The molecule has 2 rings (SSSR count). The fourth-order valence-electron chi connectivity index (χ4n) is 2.90. The van der Waals surface area contributed by atoms with Crippen molar-refractivity contribution in [1.29, 1.82) is 0 Å². The Bertz CT molecular complexity index is 686. The summed E-state index contributed by atoms with van der Waals surface area (Å²) in [6, 6.07) is 6.15. The number of aliphatic carboxylic acids is 1. The van der Waals surface area contributed by atoms with Gasteiger partial charge in [-0.25, -0.2) is 13.1 Å². The molecule has 8 nitrogen and oxygen atoms in total. The molecule has 26 heavy (non-hydrogen) atoms. The number of methoxy groups -OCH3 is 1. The van der Waals surface area contributed by atoms with E-state index >= 15 is 0 Å². The number of sulfonamides is 1. The molecular formula is C17H26N2O6S. The molecule has 0 aromatic heterocycles. The van der Waals surface area contributed by atoms with Crippen molar-refractivity contribution in [3.05, 3.63) is 24.3 Å². The smallest absolute Gasteiger partial charge is 0.317 e. The Morgan fingerprint density at radius 3 is 2.46 bits per heavy atom. The van der Waals surface area contributed by atoms with Gasteiger partial charge in [-0.1, -0.05) is 6.92 Å². The van der Waals surface area contributed by atoms with E-state index in [4.69, 9.17) is 14.6 Å². The molecule has 1 aromatic rings. The highest BCUT2D eigenvalue weighted by molar-refractivity contribution is 7.89. The summed E-state index contributed by atoms with van der Waals surface area (Å²) in [5.41, 5.74) is 0. The lowest BCUT2D eigenvalue weighted by atomic mass is 9.86. The van der Waals surface area contributed by atoms with Crippen LogP contribution in [0.4, 0.5) is 0 Å². The summed E-state index contributed by atoms with van der Waals surface area (Å²) >= 11 is 0. The summed E-state index contributed by atoms with van der Waals surface area (Å²) in [6.45, 7) is 3.36. The van der Waals surface area contributed by atoms with Gasteiger partial charge in [0.15, 0.2) is 0 Å². The minimum atomic E-state index is -3.61. The molecule has 0 spiro atoms. The summed E-state index contributed by atoms with van der Waals surface area (Å²) in [4.78, 5) is 12.9. The zero-order valence-electron chi connectivity index (χ0n) is 15.1. The Kier molecular flexibility index (Phi) is 7.39. The van der Waals surface area contributed by atoms with Crippen LogP contribution in [0.15, 0.2) is 29.2 Å². The van der Waals surface area contributed by atoms with Gasteiger partial charge in [-0.05, 0) is 43.7 Å². The second-order valence-corrected chi connectivity index (χ2v) is 7.93. The van der Waals surface area contributed by atoms with Crippen molar-refractivity contribution in [2.75, 3.05) is 33.4 Å². The summed E-state index contributed by atoms with van der Waals surface area (Å²) in [5, 5.41) is 8.90. The third-order valence-corrected chi connectivity index (χ3v) is 5.92. The summed E-state index contributed by atoms with van der Waals surface area (Å²) in [7, 11) is -2.03. The van der Waals surface area contributed by atoms with Crippen LogP contribution < -0.4 is 9.46 Å². The van der Waals surface area contributed by atoms with Crippen LogP contribution in [0, 0.1) is 0 Å². The molecular weight excluding hydrogens is 360 g/mol. The largest absolute Gasteiger partial charge is 0.491 e. The number of hydrogen-bond acceptors (Lipinski definition) is 6. The third kappa shape index (κ3) is 5.66. The first-order chi connectivity index (χ1) is 12.4. The number of carboxylic acids is 1. The highest BCUT2D eigenvalue weighted by atomic mass is 32.2. The maximum absolute atomic E-state index is 12.5. The molecule has 1 aliphatic carbocycles. The number of nitrogens with zero attached hydrogens (tertiary/aromatic N) is 1. The lowest BCUT2D eigenvalue weighted by molar-refractivity contribution is -0.139. The van der Waals surface area contributed by atoms with Gasteiger partial charge in [-0.15, -0.1) is 0 Å². The number of rotatable bonds is 11. The van der Waals surface area contributed by atoms with Gasteiger partial charge in [0.25, 0.3) is 0 Å². The topological polar surface area (TPSA) is 105 Å². The fourth-order valence-corrected chi connectivity index (χ4v) is 4.16. The van der Waals surface area contributed by atoms with Crippen molar-refractivity contribution in [3.63, 3.8) is 0 Å². The summed E-state index contributed by atoms with van der Waals surface area (Å²) in [5.74, 6) is -0.291. The van der Waals surface area contributed by atoms with E-state index in [-0.39, 0.29) is 23.5 Å². The average molecular weight is 386 g/mol. The van der Waals surface area contributed by atoms with Crippen LogP contribution in [0.5, 0.6) is 5.75 Å². The molecule has 0 aliphatic heterocycles. The van der Waals surface area contributed by atoms with Crippen molar-refractivity contribution < 1.29 is 27.8 Å². The standard InChI is InChI=1S/C17H26N2O6S/c1-3-19(12-17(20)21)14-10-13(11-14)18-26(22,23)16-6-4-15(5-7-16)25-9-8-24-2/h4-7,13-14,18H,3,8-12H2,1-2H3,(H,20,21). The summed E-state index contributed by atoms with van der Waals surface area (Å²) < 4.78 is 37.9. The van der Waals surface area contributed by atoms with Gasteiger partial charge in [0.2, 0.25) is 10.0 Å². The van der Waals surface area contributed by atoms with Crippen molar-refractivity contribution in [2.24, 2.45) is 0 Å². The zero-order valence-corrected chi connectivity index (χ0v) is 15.9. The lowest BCUT2D eigenvalue weighted by Crippen LogP contribution is -2.54. The van der Waals surface area contributed by atoms with Gasteiger partial charge in [0.05, 0.1) is 18.0 Å². The Labute approximate surface area is 154 Å². The van der Waals surface area contributed by atoms with E-state index in [1.54, 1.807) is 19.2 Å². The minimum Gasteiger partial charge on any atom is -0.491 e. The molecule has 0 radical (unpaired) electrons. The third-order valence-electron chi connectivity index (χ3n) is 4.39. The molecule has 0 bridgehead atoms. The highest BCUT2D eigenvalue weighted by Crippen LogP contribution is 2.27. The predicted molar refractivity (Wildman–Crippen MR) is 95.8 cm³/mol. The zero-order chi connectivity index (χ0) is 19.2. The first kappa shape index (κ1) is 20.6.